The van der Waals surface area contributed by atoms with Gasteiger partial charge in [0.05, 0.1) is 11.1 Å². The summed E-state index contributed by atoms with van der Waals surface area (Å²) < 4.78 is 5.72. The van der Waals surface area contributed by atoms with Crippen LogP contribution in [0.4, 0.5) is 0 Å². The maximum atomic E-state index is 13.5. The van der Waals surface area contributed by atoms with Crippen molar-refractivity contribution in [1.82, 2.24) is 9.80 Å². The fraction of sp³-hybridized carbons (Fsp3) is 0.333. The molecule has 1 saturated heterocycles. The van der Waals surface area contributed by atoms with Crippen LogP contribution < -0.4 is 0 Å². The lowest BCUT2D eigenvalue weighted by Crippen LogP contribution is -2.54. The zero-order chi connectivity index (χ0) is 24.7. The Hall–Kier alpha value is -3.74. The van der Waals surface area contributed by atoms with Gasteiger partial charge in [0.2, 0.25) is 0 Å². The number of cyclic esters (lactones) is 1. The van der Waals surface area contributed by atoms with E-state index < -0.39 is 23.2 Å². The Balaban J connectivity index is 1.55. The Bertz CT molecular complexity index is 1150. The number of rotatable bonds is 5. The van der Waals surface area contributed by atoms with Gasteiger partial charge in [0.25, 0.3) is 17.7 Å². The molecule has 3 amide bonds. The second-order valence-corrected chi connectivity index (χ2v) is 9.88. The Morgan fingerprint density at radius 2 is 1.50 bits per heavy atom. The van der Waals surface area contributed by atoms with Crippen molar-refractivity contribution < 1.29 is 23.9 Å². The van der Waals surface area contributed by atoms with Gasteiger partial charge in [0.15, 0.2) is 6.23 Å². The van der Waals surface area contributed by atoms with Crippen LogP contribution in [0.5, 0.6) is 0 Å². The van der Waals surface area contributed by atoms with Crippen molar-refractivity contribution in [3.8, 4) is 0 Å². The van der Waals surface area contributed by atoms with Gasteiger partial charge in [-0.25, -0.2) is 4.79 Å². The van der Waals surface area contributed by atoms with Gasteiger partial charge in [-0.2, -0.15) is 0 Å². The molecule has 2 heterocycles. The molecule has 2 aromatic carbocycles. The average Bonchev–Trinajstić information content (AvgIpc) is 3.22. The highest BCUT2D eigenvalue weighted by Crippen LogP contribution is 2.40. The second kappa shape index (κ2) is 8.56. The van der Waals surface area contributed by atoms with Crippen LogP contribution in [0.15, 0.2) is 66.7 Å². The molecular weight excluding hydrogens is 432 g/mol. The van der Waals surface area contributed by atoms with Gasteiger partial charge in [-0.15, -0.1) is 0 Å². The lowest BCUT2D eigenvalue weighted by molar-refractivity contribution is -0.148. The van der Waals surface area contributed by atoms with Crippen LogP contribution in [-0.2, 0) is 9.53 Å². The van der Waals surface area contributed by atoms with Crippen LogP contribution in [0.1, 0.15) is 65.2 Å². The van der Waals surface area contributed by atoms with Crippen LogP contribution in [0.2, 0.25) is 0 Å². The normalized spacial score (nSPS) is 22.5. The number of hydrogen-bond acceptors (Lipinski definition) is 5. The number of esters is 1. The summed E-state index contributed by atoms with van der Waals surface area (Å²) in [5.74, 6) is -1.46. The van der Waals surface area contributed by atoms with E-state index >= 15 is 0 Å². The Kier molecular flexibility index (Phi) is 5.89. The lowest BCUT2D eigenvalue weighted by Gasteiger charge is -2.38. The highest BCUT2D eigenvalue weighted by molar-refractivity contribution is 6.21. The minimum Gasteiger partial charge on any atom is -0.439 e. The van der Waals surface area contributed by atoms with Crippen molar-refractivity contribution in [2.75, 3.05) is 6.54 Å². The third-order valence-electron chi connectivity index (χ3n) is 6.25. The van der Waals surface area contributed by atoms with Crippen LogP contribution in [-0.4, -0.2) is 51.8 Å². The van der Waals surface area contributed by atoms with Gasteiger partial charge in [-0.3, -0.25) is 24.2 Å². The van der Waals surface area contributed by atoms with Crippen molar-refractivity contribution >= 4 is 23.7 Å². The summed E-state index contributed by atoms with van der Waals surface area (Å²) in [7, 11) is 0. The molecule has 0 unspecified atom stereocenters. The summed E-state index contributed by atoms with van der Waals surface area (Å²) in [6, 6.07) is 15.5. The topological polar surface area (TPSA) is 84.0 Å². The van der Waals surface area contributed by atoms with E-state index in [1.54, 1.807) is 67.6 Å². The van der Waals surface area contributed by atoms with E-state index in [2.05, 4.69) is 0 Å². The molecule has 2 atom stereocenters. The fourth-order valence-corrected chi connectivity index (χ4v) is 4.33. The van der Waals surface area contributed by atoms with Crippen LogP contribution in [0.3, 0.4) is 0 Å². The molecule has 2 aliphatic rings. The van der Waals surface area contributed by atoms with Crippen molar-refractivity contribution in [1.29, 1.82) is 0 Å². The molecule has 34 heavy (non-hydrogen) atoms. The quantitative estimate of drug-likeness (QED) is 0.382. The number of carbonyl (C=O) groups is 4. The van der Waals surface area contributed by atoms with Crippen molar-refractivity contribution in [3.05, 3.63) is 83.4 Å². The molecule has 0 saturated carbocycles. The maximum absolute atomic E-state index is 13.5. The molecule has 7 heteroatoms. The smallest absolute Gasteiger partial charge is 0.334 e. The van der Waals surface area contributed by atoms with Crippen molar-refractivity contribution in [2.24, 2.45) is 5.41 Å². The van der Waals surface area contributed by atoms with E-state index in [0.717, 1.165) is 0 Å². The predicted octanol–water partition coefficient (Wildman–Crippen LogP) is 4.06. The summed E-state index contributed by atoms with van der Waals surface area (Å²) in [6.07, 6.45) is 2.85. The van der Waals surface area contributed by atoms with Crippen LogP contribution in [0.25, 0.3) is 0 Å². The molecule has 2 aromatic rings. The Morgan fingerprint density at radius 3 is 2.06 bits per heavy atom. The fourth-order valence-electron chi connectivity index (χ4n) is 4.33. The number of imide groups is 1. The maximum Gasteiger partial charge on any atom is 0.334 e. The van der Waals surface area contributed by atoms with E-state index in [1.165, 1.54) is 9.80 Å². The van der Waals surface area contributed by atoms with Crippen LogP contribution >= 0.6 is 0 Å². The van der Waals surface area contributed by atoms with Gasteiger partial charge >= 0.3 is 5.97 Å². The first-order valence-electron chi connectivity index (χ1n) is 11.3. The first-order valence-corrected chi connectivity index (χ1v) is 11.3. The van der Waals surface area contributed by atoms with E-state index in [-0.39, 0.29) is 30.7 Å². The minimum absolute atomic E-state index is 0.0762. The molecule has 0 N–H and O–H groups in total. The van der Waals surface area contributed by atoms with E-state index in [0.29, 0.717) is 16.7 Å². The summed E-state index contributed by atoms with van der Waals surface area (Å²) in [4.78, 5) is 54.4. The summed E-state index contributed by atoms with van der Waals surface area (Å²) in [5, 5.41) is 0. The predicted molar refractivity (Wildman–Crippen MR) is 126 cm³/mol. The molecule has 7 nitrogen and oxygen atoms in total. The molecule has 0 radical (unpaired) electrons. The van der Waals surface area contributed by atoms with Gasteiger partial charge in [-0.1, -0.05) is 63.3 Å². The van der Waals surface area contributed by atoms with E-state index in [4.69, 9.17) is 4.74 Å². The highest BCUT2D eigenvalue weighted by Gasteiger charge is 2.57. The molecule has 1 fully saturated rings. The number of fused-ring (bicyclic) bond motifs is 1. The summed E-state index contributed by atoms with van der Waals surface area (Å²) in [6.45, 7) is 7.52. The molecule has 0 spiro atoms. The third kappa shape index (κ3) is 3.91. The monoisotopic (exact) mass is 460 g/mol. The third-order valence-corrected chi connectivity index (χ3v) is 6.25. The zero-order valence-electron chi connectivity index (χ0n) is 19.8. The first kappa shape index (κ1) is 23.4. The average molecular weight is 461 g/mol. The number of nitrogens with zero attached hydrogens (tertiary/aromatic N) is 2. The molecule has 4 rings (SSSR count). The summed E-state index contributed by atoms with van der Waals surface area (Å²) >= 11 is 0. The summed E-state index contributed by atoms with van der Waals surface area (Å²) in [5.41, 5.74) is -0.485. The highest BCUT2D eigenvalue weighted by atomic mass is 16.6. The van der Waals surface area contributed by atoms with Crippen molar-refractivity contribution in [2.45, 2.75) is 45.9 Å². The lowest BCUT2D eigenvalue weighted by atomic mass is 9.89. The largest absolute Gasteiger partial charge is 0.439 e. The minimum atomic E-state index is -1.23. The van der Waals surface area contributed by atoms with Gasteiger partial charge < -0.3 is 4.74 Å². The number of amides is 3. The number of hydrogen-bond donors (Lipinski definition) is 0. The number of benzene rings is 2. The number of ether oxygens (including phenoxy) is 1. The van der Waals surface area contributed by atoms with E-state index in [1.807, 2.05) is 26.8 Å². The Labute approximate surface area is 199 Å². The molecule has 176 valence electrons. The standard InChI is InChI=1S/C27H28N2O5/c1-26(2,3)24-29(21(30)18-12-6-5-7-13-18)27(4,25(33)34-24)16-10-11-17-28-22(31)19-14-8-9-15-20(19)23(28)32/h5-15,24H,16-17H2,1-4H3/t24-,27+/m1/s1. The number of carbonyl (C=O) groups excluding carboxylic acids is 4. The molecule has 0 bridgehead atoms. The zero-order valence-corrected chi connectivity index (χ0v) is 19.8. The van der Waals surface area contributed by atoms with Crippen LogP contribution in [0, 0.1) is 5.41 Å². The first-order chi connectivity index (χ1) is 16.1. The Morgan fingerprint density at radius 1 is 0.941 bits per heavy atom. The van der Waals surface area contributed by atoms with Gasteiger partial charge in [-0.05, 0) is 37.6 Å². The van der Waals surface area contributed by atoms with Gasteiger partial charge in [0, 0.05) is 17.5 Å². The van der Waals surface area contributed by atoms with E-state index in [9.17, 15) is 19.2 Å². The molecular formula is C27H28N2O5. The van der Waals surface area contributed by atoms with Gasteiger partial charge in [0.1, 0.15) is 5.54 Å². The molecule has 0 aliphatic carbocycles. The van der Waals surface area contributed by atoms with Crippen molar-refractivity contribution in [3.63, 3.8) is 0 Å². The second-order valence-electron chi connectivity index (χ2n) is 9.88. The SMILES string of the molecule is CC(C)(C)[C@H]1OC(=O)[C@](C)(CC=CCN2C(=O)c3ccccc3C2=O)N1C(=O)c1ccccc1. The molecule has 0 aromatic heterocycles. The molecule has 2 aliphatic heterocycles.